The van der Waals surface area contributed by atoms with Crippen LogP contribution < -0.4 is 5.32 Å². The van der Waals surface area contributed by atoms with Crippen molar-refractivity contribution >= 4 is 5.91 Å². The first-order valence-electron chi connectivity index (χ1n) is 3.74. The van der Waals surface area contributed by atoms with E-state index in [0.717, 1.165) is 0 Å². The number of carbonyl (C=O) groups excluding carboxylic acids is 1. The van der Waals surface area contributed by atoms with Gasteiger partial charge in [-0.1, -0.05) is 0 Å². The lowest BCUT2D eigenvalue weighted by Crippen LogP contribution is -2.31. The average molecular weight is 192 g/mol. The largest absolute Gasteiger partial charge is 0.392 e. The molecule has 0 radical (unpaired) electrons. The fourth-order valence-corrected chi connectivity index (χ4v) is 0.563. The zero-order valence-electron chi connectivity index (χ0n) is 7.23. The van der Waals surface area contributed by atoms with E-state index >= 15 is 0 Å². The molecule has 1 unspecified atom stereocenters. The van der Waals surface area contributed by atoms with E-state index in [-0.39, 0.29) is 25.5 Å². The number of aliphatic hydroxyl groups is 1. The van der Waals surface area contributed by atoms with Crippen LogP contribution in [0.2, 0.25) is 0 Å². The lowest BCUT2D eigenvalue weighted by atomic mass is 10.3. The van der Waals surface area contributed by atoms with Gasteiger partial charge in [0.2, 0.25) is 5.91 Å². The number of hydrogen-bond donors (Lipinski definition) is 2. The first kappa shape index (κ1) is 11.6. The summed E-state index contributed by atoms with van der Waals surface area (Å²) < 4.78 is 0. The molecule has 1 amide bonds. The number of nitrogens with one attached hydrogen (secondary N) is 1. The third-order valence-electron chi connectivity index (χ3n) is 1.12. The lowest BCUT2D eigenvalue weighted by molar-refractivity contribution is -0.757. The maximum absolute atomic E-state index is 10.8. The summed E-state index contributed by atoms with van der Waals surface area (Å²) in [7, 11) is 0. The highest BCUT2D eigenvalue weighted by Crippen LogP contribution is 1.84. The van der Waals surface area contributed by atoms with E-state index in [1.807, 2.05) is 0 Å². The van der Waals surface area contributed by atoms with Gasteiger partial charge in [0.25, 0.3) is 5.09 Å². The zero-order chi connectivity index (χ0) is 10.3. The highest BCUT2D eigenvalue weighted by molar-refractivity contribution is 5.75. The van der Waals surface area contributed by atoms with Gasteiger partial charge in [-0.05, 0) is 6.92 Å². The number of aliphatic hydroxyl groups excluding tert-OH is 1. The molecule has 0 aromatic carbocycles. The number of nitrogens with zero attached hydrogens (tertiary/aromatic N) is 1. The first-order valence-corrected chi connectivity index (χ1v) is 3.74. The molecule has 76 valence electrons. The molecule has 0 spiro atoms. The second-order valence-corrected chi connectivity index (χ2v) is 2.46. The Balaban J connectivity index is 3.35. The van der Waals surface area contributed by atoms with Crippen molar-refractivity contribution in [2.75, 3.05) is 13.2 Å². The van der Waals surface area contributed by atoms with Crippen LogP contribution >= 0.6 is 0 Å². The van der Waals surface area contributed by atoms with Crippen LogP contribution in [0.25, 0.3) is 0 Å². The van der Waals surface area contributed by atoms with E-state index in [1.165, 1.54) is 6.92 Å². The molecular formula is C6H12N2O5. The highest BCUT2D eigenvalue weighted by Gasteiger charge is 2.03. The molecule has 0 fully saturated rings. The quantitative estimate of drug-likeness (QED) is 0.418. The highest BCUT2D eigenvalue weighted by atomic mass is 16.9. The second kappa shape index (κ2) is 6.18. The van der Waals surface area contributed by atoms with Gasteiger partial charge in [0.1, 0.15) is 6.61 Å². The lowest BCUT2D eigenvalue weighted by Gasteiger charge is -2.05. The van der Waals surface area contributed by atoms with Crippen molar-refractivity contribution < 1.29 is 19.8 Å². The van der Waals surface area contributed by atoms with E-state index in [1.54, 1.807) is 0 Å². The molecule has 0 aliphatic rings. The maximum Gasteiger partial charge on any atom is 0.294 e. The summed E-state index contributed by atoms with van der Waals surface area (Å²) in [4.78, 5) is 24.4. The van der Waals surface area contributed by atoms with Crippen molar-refractivity contribution in [3.63, 3.8) is 0 Å². The summed E-state index contributed by atoms with van der Waals surface area (Å²) in [6.45, 7) is 1.39. The Kier molecular flexibility index (Phi) is 5.53. The molecule has 0 rings (SSSR count). The van der Waals surface area contributed by atoms with Crippen molar-refractivity contribution in [2.24, 2.45) is 0 Å². The van der Waals surface area contributed by atoms with Gasteiger partial charge >= 0.3 is 0 Å². The molecule has 0 saturated heterocycles. The smallest absolute Gasteiger partial charge is 0.294 e. The molecule has 0 aliphatic carbocycles. The zero-order valence-corrected chi connectivity index (χ0v) is 7.23. The molecule has 13 heavy (non-hydrogen) atoms. The van der Waals surface area contributed by atoms with E-state index in [0.29, 0.717) is 0 Å². The summed E-state index contributed by atoms with van der Waals surface area (Å²) in [5, 5.41) is 19.8. The first-order chi connectivity index (χ1) is 6.02. The third kappa shape index (κ3) is 8.54. The Bertz CT molecular complexity index is 182. The van der Waals surface area contributed by atoms with Crippen LogP contribution in [-0.4, -0.2) is 35.4 Å². The predicted octanol–water partition coefficient (Wildman–Crippen LogP) is -0.918. The van der Waals surface area contributed by atoms with Crippen LogP contribution in [0.15, 0.2) is 0 Å². The third-order valence-corrected chi connectivity index (χ3v) is 1.12. The standard InChI is InChI=1S/C6H12N2O5/c1-5(9)4-7-6(10)2-3-13-8(11)12/h5,9H,2-4H2,1H3,(H,7,10). The SMILES string of the molecule is CC(O)CNC(=O)CCO[N+](=O)[O-]. The monoisotopic (exact) mass is 192 g/mol. The van der Waals surface area contributed by atoms with Crippen LogP contribution in [-0.2, 0) is 9.63 Å². The number of carbonyl (C=O) groups is 1. The van der Waals surface area contributed by atoms with Gasteiger partial charge in [0.05, 0.1) is 12.5 Å². The summed E-state index contributed by atoms with van der Waals surface area (Å²) in [6, 6.07) is 0. The van der Waals surface area contributed by atoms with E-state index in [2.05, 4.69) is 10.2 Å². The van der Waals surface area contributed by atoms with Gasteiger partial charge in [-0.15, -0.1) is 10.1 Å². The van der Waals surface area contributed by atoms with Crippen LogP contribution in [0.1, 0.15) is 13.3 Å². The Hall–Kier alpha value is -1.37. The Morgan fingerprint density at radius 3 is 2.85 bits per heavy atom. The van der Waals surface area contributed by atoms with Gasteiger partial charge < -0.3 is 15.3 Å². The van der Waals surface area contributed by atoms with Crippen LogP contribution in [0.4, 0.5) is 0 Å². The Labute approximate surface area is 74.8 Å². The second-order valence-electron chi connectivity index (χ2n) is 2.46. The summed E-state index contributed by atoms with van der Waals surface area (Å²) in [5.41, 5.74) is 0. The van der Waals surface area contributed by atoms with Crippen molar-refractivity contribution in [2.45, 2.75) is 19.4 Å². The Morgan fingerprint density at radius 1 is 1.77 bits per heavy atom. The van der Waals surface area contributed by atoms with Crippen LogP contribution in [0, 0.1) is 10.1 Å². The minimum atomic E-state index is -0.956. The van der Waals surface area contributed by atoms with Gasteiger partial charge in [0, 0.05) is 6.54 Å². The van der Waals surface area contributed by atoms with Gasteiger partial charge in [-0.2, -0.15) is 0 Å². The molecule has 0 heterocycles. The predicted molar refractivity (Wildman–Crippen MR) is 42.3 cm³/mol. The number of hydrogen-bond acceptors (Lipinski definition) is 5. The molecule has 0 bridgehead atoms. The van der Waals surface area contributed by atoms with Crippen molar-refractivity contribution in [1.82, 2.24) is 5.32 Å². The molecule has 0 aromatic heterocycles. The van der Waals surface area contributed by atoms with Crippen molar-refractivity contribution in [3.05, 3.63) is 10.1 Å². The van der Waals surface area contributed by atoms with Crippen molar-refractivity contribution in [1.29, 1.82) is 0 Å². The van der Waals surface area contributed by atoms with Crippen LogP contribution in [0.3, 0.4) is 0 Å². The molecule has 7 heteroatoms. The fraction of sp³-hybridized carbons (Fsp3) is 0.833. The van der Waals surface area contributed by atoms with Crippen LogP contribution in [0.5, 0.6) is 0 Å². The minimum absolute atomic E-state index is 0.0896. The average Bonchev–Trinajstić information content (AvgIpc) is 2.00. The summed E-state index contributed by atoms with van der Waals surface area (Å²) in [6.07, 6.45) is -0.714. The normalized spacial score (nSPS) is 11.8. The van der Waals surface area contributed by atoms with Gasteiger partial charge in [-0.25, -0.2) is 0 Å². The number of rotatable bonds is 6. The molecule has 0 saturated carbocycles. The maximum atomic E-state index is 10.8. The molecule has 0 aliphatic heterocycles. The topological polar surface area (TPSA) is 102 Å². The molecule has 0 aromatic rings. The summed E-state index contributed by atoms with van der Waals surface area (Å²) in [5.74, 6) is -0.386. The van der Waals surface area contributed by atoms with E-state index < -0.39 is 11.2 Å². The van der Waals surface area contributed by atoms with Gasteiger partial charge in [-0.3, -0.25) is 4.79 Å². The van der Waals surface area contributed by atoms with Crippen molar-refractivity contribution in [3.8, 4) is 0 Å². The minimum Gasteiger partial charge on any atom is -0.392 e. The Morgan fingerprint density at radius 2 is 2.38 bits per heavy atom. The molecule has 1 atom stereocenters. The molecule has 7 nitrogen and oxygen atoms in total. The number of amides is 1. The summed E-state index contributed by atoms with van der Waals surface area (Å²) >= 11 is 0. The van der Waals surface area contributed by atoms with E-state index in [4.69, 9.17) is 5.11 Å². The van der Waals surface area contributed by atoms with Gasteiger partial charge in [0.15, 0.2) is 0 Å². The molecule has 2 N–H and O–H groups in total. The molecular weight excluding hydrogens is 180 g/mol. The fourth-order valence-electron chi connectivity index (χ4n) is 0.563. The van der Waals surface area contributed by atoms with E-state index in [9.17, 15) is 14.9 Å².